The van der Waals surface area contributed by atoms with Gasteiger partial charge in [0.25, 0.3) is 0 Å². The first-order valence-electron chi connectivity index (χ1n) is 6.15. The molecule has 1 aromatic heterocycles. The van der Waals surface area contributed by atoms with Crippen LogP contribution in [0.3, 0.4) is 0 Å². The zero-order chi connectivity index (χ0) is 14.6. The van der Waals surface area contributed by atoms with Gasteiger partial charge in [-0.2, -0.15) is 0 Å². The van der Waals surface area contributed by atoms with Gasteiger partial charge in [-0.1, -0.05) is 12.1 Å². The summed E-state index contributed by atoms with van der Waals surface area (Å²) in [4.78, 5) is 4.39. The molecule has 0 aliphatic carbocycles. The Labute approximate surface area is 123 Å². The number of hydrogen-bond acceptors (Lipinski definition) is 5. The molecule has 0 amide bonds. The molecule has 20 heavy (non-hydrogen) atoms. The summed E-state index contributed by atoms with van der Waals surface area (Å²) in [6.45, 7) is 2.64. The molecule has 0 aliphatic heterocycles. The summed E-state index contributed by atoms with van der Waals surface area (Å²) in [7, 11) is -1.69. The van der Waals surface area contributed by atoms with Crippen LogP contribution in [0.4, 0.5) is 0 Å². The quantitative estimate of drug-likeness (QED) is 0.851. The monoisotopic (exact) mass is 311 g/mol. The molecule has 7 heteroatoms. The Morgan fingerprint density at radius 3 is 2.75 bits per heavy atom. The standard InChI is InChI=1S/C13H17N3O2S2/c1-10-3-4-11(8-14-2)7-12(10)20(17,18)16-9-13-15-5-6-19-13/h3-7,14,16H,8-9H2,1-2H3. The number of aromatic nitrogens is 1. The maximum atomic E-state index is 12.4. The molecule has 5 nitrogen and oxygen atoms in total. The van der Waals surface area contributed by atoms with Crippen molar-refractivity contribution >= 4 is 21.4 Å². The molecular weight excluding hydrogens is 294 g/mol. The number of hydrogen-bond donors (Lipinski definition) is 2. The average Bonchev–Trinajstić information content (AvgIpc) is 2.92. The predicted molar refractivity (Wildman–Crippen MR) is 80.1 cm³/mol. The zero-order valence-electron chi connectivity index (χ0n) is 11.4. The van der Waals surface area contributed by atoms with Gasteiger partial charge in [-0.15, -0.1) is 11.3 Å². The summed E-state index contributed by atoms with van der Waals surface area (Å²) in [5.74, 6) is 0. The van der Waals surface area contributed by atoms with Crippen LogP contribution >= 0.6 is 11.3 Å². The normalized spacial score (nSPS) is 11.7. The molecule has 0 unspecified atom stereocenters. The van der Waals surface area contributed by atoms with Gasteiger partial charge in [-0.05, 0) is 31.2 Å². The topological polar surface area (TPSA) is 71.1 Å². The van der Waals surface area contributed by atoms with Gasteiger partial charge in [0, 0.05) is 18.1 Å². The van der Waals surface area contributed by atoms with Crippen LogP contribution in [0, 0.1) is 6.92 Å². The zero-order valence-corrected chi connectivity index (χ0v) is 13.0. The van der Waals surface area contributed by atoms with E-state index < -0.39 is 10.0 Å². The molecule has 0 radical (unpaired) electrons. The van der Waals surface area contributed by atoms with E-state index in [1.807, 2.05) is 24.6 Å². The van der Waals surface area contributed by atoms with E-state index >= 15 is 0 Å². The first-order valence-corrected chi connectivity index (χ1v) is 8.51. The van der Waals surface area contributed by atoms with Crippen molar-refractivity contribution in [3.8, 4) is 0 Å². The minimum absolute atomic E-state index is 0.218. The number of thiazole rings is 1. The van der Waals surface area contributed by atoms with Crippen LogP contribution in [0.15, 0.2) is 34.7 Å². The van der Waals surface area contributed by atoms with E-state index in [9.17, 15) is 8.42 Å². The first-order chi connectivity index (χ1) is 9.53. The van der Waals surface area contributed by atoms with Crippen molar-refractivity contribution in [3.63, 3.8) is 0 Å². The molecule has 0 atom stereocenters. The lowest BCUT2D eigenvalue weighted by Crippen LogP contribution is -2.24. The Balaban J connectivity index is 2.21. The third-order valence-electron chi connectivity index (χ3n) is 2.82. The maximum Gasteiger partial charge on any atom is 0.241 e. The summed E-state index contributed by atoms with van der Waals surface area (Å²) in [6.07, 6.45) is 1.66. The highest BCUT2D eigenvalue weighted by molar-refractivity contribution is 7.89. The Morgan fingerprint density at radius 1 is 1.30 bits per heavy atom. The van der Waals surface area contributed by atoms with Crippen molar-refractivity contribution in [3.05, 3.63) is 45.9 Å². The van der Waals surface area contributed by atoms with Crippen LogP contribution in [-0.4, -0.2) is 20.4 Å². The minimum Gasteiger partial charge on any atom is -0.316 e. The summed E-state index contributed by atoms with van der Waals surface area (Å²) < 4.78 is 27.3. The molecular formula is C13H17N3O2S2. The Kier molecular flexibility index (Phi) is 4.87. The highest BCUT2D eigenvalue weighted by Gasteiger charge is 2.17. The van der Waals surface area contributed by atoms with Gasteiger partial charge in [-0.25, -0.2) is 18.1 Å². The van der Waals surface area contributed by atoms with Crippen molar-refractivity contribution in [2.75, 3.05) is 7.05 Å². The second kappa shape index (κ2) is 6.45. The van der Waals surface area contributed by atoms with Crippen LogP contribution in [0.5, 0.6) is 0 Å². The molecule has 0 spiro atoms. The number of aryl methyl sites for hydroxylation is 1. The Morgan fingerprint density at radius 2 is 2.10 bits per heavy atom. The van der Waals surface area contributed by atoms with E-state index in [-0.39, 0.29) is 6.54 Å². The third-order valence-corrected chi connectivity index (χ3v) is 5.14. The van der Waals surface area contributed by atoms with Crippen molar-refractivity contribution in [1.82, 2.24) is 15.0 Å². The van der Waals surface area contributed by atoms with Crippen LogP contribution in [0.2, 0.25) is 0 Å². The fraction of sp³-hybridized carbons (Fsp3) is 0.308. The summed E-state index contributed by atoms with van der Waals surface area (Å²) >= 11 is 1.43. The van der Waals surface area contributed by atoms with Crippen molar-refractivity contribution in [2.45, 2.75) is 24.9 Å². The lowest BCUT2D eigenvalue weighted by Gasteiger charge is -2.10. The van der Waals surface area contributed by atoms with Crippen molar-refractivity contribution in [2.24, 2.45) is 0 Å². The van der Waals surface area contributed by atoms with Gasteiger partial charge in [0.15, 0.2) is 0 Å². The van der Waals surface area contributed by atoms with Crippen molar-refractivity contribution in [1.29, 1.82) is 0 Å². The van der Waals surface area contributed by atoms with Gasteiger partial charge >= 0.3 is 0 Å². The fourth-order valence-electron chi connectivity index (χ4n) is 1.82. The summed E-state index contributed by atoms with van der Waals surface area (Å²) in [5, 5.41) is 5.58. The van der Waals surface area contributed by atoms with Crippen LogP contribution < -0.4 is 10.0 Å². The number of nitrogens with one attached hydrogen (secondary N) is 2. The molecule has 1 aromatic carbocycles. The van der Waals surface area contributed by atoms with Crippen molar-refractivity contribution < 1.29 is 8.42 Å². The molecule has 0 aliphatic rings. The SMILES string of the molecule is CNCc1ccc(C)c(S(=O)(=O)NCc2nccs2)c1. The van der Waals surface area contributed by atoms with Crippen LogP contribution in [-0.2, 0) is 23.1 Å². The van der Waals surface area contributed by atoms with Gasteiger partial charge < -0.3 is 5.32 Å². The van der Waals surface area contributed by atoms with E-state index in [1.165, 1.54) is 11.3 Å². The predicted octanol–water partition coefficient (Wildman–Crippen LogP) is 1.65. The van der Waals surface area contributed by atoms with E-state index in [4.69, 9.17) is 0 Å². The molecule has 0 saturated carbocycles. The van der Waals surface area contributed by atoms with Gasteiger partial charge in [0.1, 0.15) is 5.01 Å². The van der Waals surface area contributed by atoms with Crippen LogP contribution in [0.25, 0.3) is 0 Å². The highest BCUT2D eigenvalue weighted by atomic mass is 32.2. The molecule has 2 N–H and O–H groups in total. The van der Waals surface area contributed by atoms with Gasteiger partial charge in [0.2, 0.25) is 10.0 Å². The minimum atomic E-state index is -3.52. The second-order valence-electron chi connectivity index (χ2n) is 4.38. The fourth-order valence-corrected chi connectivity index (χ4v) is 3.75. The summed E-state index contributed by atoms with van der Waals surface area (Å²) in [5.41, 5.74) is 1.67. The van der Waals surface area contributed by atoms with Crippen LogP contribution in [0.1, 0.15) is 16.1 Å². The smallest absolute Gasteiger partial charge is 0.241 e. The van der Waals surface area contributed by atoms with E-state index in [0.29, 0.717) is 11.4 Å². The van der Waals surface area contributed by atoms with E-state index in [2.05, 4.69) is 15.0 Å². The van der Waals surface area contributed by atoms with E-state index in [0.717, 1.165) is 16.1 Å². The molecule has 0 saturated heterocycles. The lowest BCUT2D eigenvalue weighted by molar-refractivity contribution is 0.580. The average molecular weight is 311 g/mol. The Hall–Kier alpha value is -1.28. The largest absolute Gasteiger partial charge is 0.316 e. The molecule has 0 fully saturated rings. The number of rotatable bonds is 6. The molecule has 1 heterocycles. The highest BCUT2D eigenvalue weighted by Crippen LogP contribution is 2.17. The molecule has 2 aromatic rings. The lowest BCUT2D eigenvalue weighted by atomic mass is 10.1. The molecule has 0 bridgehead atoms. The number of sulfonamides is 1. The molecule has 108 valence electrons. The maximum absolute atomic E-state index is 12.4. The number of nitrogens with zero attached hydrogens (tertiary/aromatic N) is 1. The molecule has 2 rings (SSSR count). The number of benzene rings is 1. The second-order valence-corrected chi connectivity index (χ2v) is 7.10. The van der Waals surface area contributed by atoms with Gasteiger partial charge in [0.05, 0.1) is 11.4 Å². The summed E-state index contributed by atoms with van der Waals surface area (Å²) in [6, 6.07) is 5.45. The van der Waals surface area contributed by atoms with E-state index in [1.54, 1.807) is 19.2 Å². The third kappa shape index (κ3) is 3.63. The Bertz CT molecular complexity index is 667. The van der Waals surface area contributed by atoms with Gasteiger partial charge in [-0.3, -0.25) is 0 Å². The first kappa shape index (κ1) is 15.1.